The van der Waals surface area contributed by atoms with Gasteiger partial charge in [-0.3, -0.25) is 0 Å². The van der Waals surface area contributed by atoms with Crippen molar-refractivity contribution >= 4 is 11.6 Å². The minimum atomic E-state index is -0.346. The van der Waals surface area contributed by atoms with E-state index in [1.807, 2.05) is 20.8 Å². The minimum Gasteiger partial charge on any atom is -0.323 e. The molecule has 0 aliphatic rings. The van der Waals surface area contributed by atoms with E-state index in [0.717, 1.165) is 0 Å². The number of rotatable bonds is 1. The predicted molar refractivity (Wildman–Crippen MR) is 57.8 cm³/mol. The molecule has 0 heterocycles. The Morgan fingerprint density at radius 2 is 1.93 bits per heavy atom. The van der Waals surface area contributed by atoms with Crippen LogP contribution in [-0.2, 0) is 0 Å². The zero-order valence-electron chi connectivity index (χ0n) is 8.64. The van der Waals surface area contributed by atoms with Crippen LogP contribution in [0.4, 0.5) is 4.39 Å². The molecule has 78 valence electrons. The van der Waals surface area contributed by atoms with Gasteiger partial charge in [-0.05, 0) is 23.6 Å². The highest BCUT2D eigenvalue weighted by atomic mass is 35.5. The fourth-order valence-corrected chi connectivity index (χ4v) is 1.40. The van der Waals surface area contributed by atoms with Gasteiger partial charge < -0.3 is 5.73 Å². The van der Waals surface area contributed by atoms with Crippen molar-refractivity contribution in [3.05, 3.63) is 34.6 Å². The summed E-state index contributed by atoms with van der Waals surface area (Å²) in [7, 11) is 0. The number of benzene rings is 1. The van der Waals surface area contributed by atoms with Crippen LogP contribution < -0.4 is 5.73 Å². The molecule has 0 spiro atoms. The summed E-state index contributed by atoms with van der Waals surface area (Å²) in [5.41, 5.74) is 6.24. The smallest absolute Gasteiger partial charge is 0.128 e. The van der Waals surface area contributed by atoms with Gasteiger partial charge in [0.2, 0.25) is 0 Å². The van der Waals surface area contributed by atoms with Crippen LogP contribution in [0.1, 0.15) is 32.4 Å². The highest BCUT2D eigenvalue weighted by molar-refractivity contribution is 6.30. The molecule has 1 aromatic carbocycles. The van der Waals surface area contributed by atoms with Crippen LogP contribution in [0.3, 0.4) is 0 Å². The summed E-state index contributed by atoms with van der Waals surface area (Å²) in [6.07, 6.45) is 0. The van der Waals surface area contributed by atoms with E-state index in [0.29, 0.717) is 10.6 Å². The Balaban J connectivity index is 3.12. The van der Waals surface area contributed by atoms with Crippen molar-refractivity contribution in [2.24, 2.45) is 11.1 Å². The number of nitrogens with two attached hydrogens (primary N) is 1. The molecule has 1 atom stereocenters. The predicted octanol–water partition coefficient (Wildman–Crippen LogP) is 3.53. The Morgan fingerprint density at radius 1 is 1.36 bits per heavy atom. The summed E-state index contributed by atoms with van der Waals surface area (Å²) in [5, 5.41) is 0.515. The second-order valence-corrected chi connectivity index (χ2v) is 4.95. The largest absolute Gasteiger partial charge is 0.323 e. The summed E-state index contributed by atoms with van der Waals surface area (Å²) in [5.74, 6) is -0.295. The molecule has 0 aliphatic carbocycles. The molecule has 1 rings (SSSR count). The van der Waals surface area contributed by atoms with E-state index in [4.69, 9.17) is 17.3 Å². The van der Waals surface area contributed by atoms with Crippen LogP contribution in [0.5, 0.6) is 0 Å². The molecule has 0 aromatic heterocycles. The van der Waals surface area contributed by atoms with Crippen molar-refractivity contribution in [1.29, 1.82) is 0 Å². The van der Waals surface area contributed by atoms with Gasteiger partial charge in [0, 0.05) is 16.6 Å². The first-order valence-corrected chi connectivity index (χ1v) is 4.90. The Bertz CT molecular complexity index is 331. The Labute approximate surface area is 89.1 Å². The van der Waals surface area contributed by atoms with Crippen LogP contribution in [0.15, 0.2) is 18.2 Å². The van der Waals surface area contributed by atoms with Gasteiger partial charge in [0.1, 0.15) is 5.82 Å². The average Bonchev–Trinajstić information content (AvgIpc) is 2.06. The summed E-state index contributed by atoms with van der Waals surface area (Å²) in [6.45, 7) is 5.91. The molecule has 0 amide bonds. The summed E-state index contributed by atoms with van der Waals surface area (Å²) in [4.78, 5) is 0. The van der Waals surface area contributed by atoms with Crippen molar-refractivity contribution in [1.82, 2.24) is 0 Å². The SMILES string of the molecule is CC(C)(C)[C@@H](N)c1cc(Cl)ccc1F. The first-order valence-electron chi connectivity index (χ1n) is 4.53. The highest BCUT2D eigenvalue weighted by Gasteiger charge is 2.24. The molecule has 1 nitrogen and oxygen atoms in total. The average molecular weight is 216 g/mol. The van der Waals surface area contributed by atoms with E-state index in [1.54, 1.807) is 6.07 Å². The van der Waals surface area contributed by atoms with Gasteiger partial charge in [-0.2, -0.15) is 0 Å². The summed E-state index contributed by atoms with van der Waals surface area (Å²) in [6, 6.07) is 4.12. The van der Waals surface area contributed by atoms with E-state index < -0.39 is 0 Å². The molecule has 3 heteroatoms. The second kappa shape index (κ2) is 3.87. The molecule has 14 heavy (non-hydrogen) atoms. The van der Waals surface area contributed by atoms with Crippen molar-refractivity contribution in [2.45, 2.75) is 26.8 Å². The Kier molecular flexibility index (Phi) is 3.17. The van der Waals surface area contributed by atoms with Gasteiger partial charge >= 0.3 is 0 Å². The summed E-state index contributed by atoms with van der Waals surface area (Å²) < 4.78 is 13.4. The van der Waals surface area contributed by atoms with Gasteiger partial charge in [0.05, 0.1) is 0 Å². The molecular formula is C11H15ClFN. The van der Waals surface area contributed by atoms with Crippen LogP contribution in [0.25, 0.3) is 0 Å². The number of halogens is 2. The second-order valence-electron chi connectivity index (χ2n) is 4.51. The van der Waals surface area contributed by atoms with E-state index in [1.165, 1.54) is 12.1 Å². The fraction of sp³-hybridized carbons (Fsp3) is 0.455. The molecule has 2 N–H and O–H groups in total. The zero-order chi connectivity index (χ0) is 10.9. The van der Waals surface area contributed by atoms with Crippen molar-refractivity contribution < 1.29 is 4.39 Å². The standard InChI is InChI=1S/C11H15ClFN/c1-11(2,3)10(14)8-6-7(12)4-5-9(8)13/h4-6,10H,14H2,1-3H3/t10-/m0/s1. The van der Waals surface area contributed by atoms with Gasteiger partial charge in [0.15, 0.2) is 0 Å². The van der Waals surface area contributed by atoms with Gasteiger partial charge in [-0.15, -0.1) is 0 Å². The van der Waals surface area contributed by atoms with Gasteiger partial charge in [-0.1, -0.05) is 32.4 Å². The Hall–Kier alpha value is -0.600. The van der Waals surface area contributed by atoms with E-state index >= 15 is 0 Å². The normalized spacial score (nSPS) is 14.1. The lowest BCUT2D eigenvalue weighted by Gasteiger charge is -2.27. The lowest BCUT2D eigenvalue weighted by Crippen LogP contribution is -2.27. The van der Waals surface area contributed by atoms with E-state index in [-0.39, 0.29) is 17.3 Å². The Morgan fingerprint density at radius 3 is 2.43 bits per heavy atom. The monoisotopic (exact) mass is 215 g/mol. The van der Waals surface area contributed by atoms with Crippen LogP contribution >= 0.6 is 11.6 Å². The van der Waals surface area contributed by atoms with Gasteiger partial charge in [0.25, 0.3) is 0 Å². The molecule has 0 saturated carbocycles. The van der Waals surface area contributed by atoms with E-state index in [9.17, 15) is 4.39 Å². The maximum Gasteiger partial charge on any atom is 0.128 e. The molecule has 1 aromatic rings. The third-order valence-electron chi connectivity index (χ3n) is 2.23. The van der Waals surface area contributed by atoms with Crippen LogP contribution in [-0.4, -0.2) is 0 Å². The maximum atomic E-state index is 13.4. The van der Waals surface area contributed by atoms with Crippen molar-refractivity contribution in [3.63, 3.8) is 0 Å². The molecule has 0 unspecified atom stereocenters. The first-order chi connectivity index (χ1) is 6.32. The minimum absolute atomic E-state index is 0.175. The topological polar surface area (TPSA) is 26.0 Å². The molecule has 0 radical (unpaired) electrons. The van der Waals surface area contributed by atoms with Gasteiger partial charge in [-0.25, -0.2) is 4.39 Å². The van der Waals surface area contributed by atoms with Crippen LogP contribution in [0.2, 0.25) is 5.02 Å². The third-order valence-corrected chi connectivity index (χ3v) is 2.46. The maximum absolute atomic E-state index is 13.4. The first kappa shape index (κ1) is 11.5. The lowest BCUT2D eigenvalue weighted by atomic mass is 9.83. The lowest BCUT2D eigenvalue weighted by molar-refractivity contribution is 0.319. The number of hydrogen-bond donors (Lipinski definition) is 1. The molecule has 0 aliphatic heterocycles. The molecule has 0 fully saturated rings. The zero-order valence-corrected chi connectivity index (χ0v) is 9.40. The molecular weight excluding hydrogens is 201 g/mol. The molecule has 0 saturated heterocycles. The third kappa shape index (κ3) is 2.46. The fourth-order valence-electron chi connectivity index (χ4n) is 1.22. The van der Waals surface area contributed by atoms with Crippen LogP contribution in [0, 0.1) is 11.2 Å². The molecule has 0 bridgehead atoms. The summed E-state index contributed by atoms with van der Waals surface area (Å²) >= 11 is 5.79. The highest BCUT2D eigenvalue weighted by Crippen LogP contribution is 2.32. The van der Waals surface area contributed by atoms with Crippen molar-refractivity contribution in [2.75, 3.05) is 0 Å². The van der Waals surface area contributed by atoms with Crippen molar-refractivity contribution in [3.8, 4) is 0 Å². The quantitative estimate of drug-likeness (QED) is 0.762. The van der Waals surface area contributed by atoms with E-state index in [2.05, 4.69) is 0 Å². The number of hydrogen-bond acceptors (Lipinski definition) is 1.